The molecule has 1 aromatic carbocycles. The molecule has 0 saturated heterocycles. The predicted molar refractivity (Wildman–Crippen MR) is 61.5 cm³/mol. The molecule has 0 atom stereocenters. The summed E-state index contributed by atoms with van der Waals surface area (Å²) < 4.78 is 6.31. The molecule has 1 rings (SSSR count). The van der Waals surface area contributed by atoms with E-state index in [9.17, 15) is 4.79 Å². The Labute approximate surface area is 97.1 Å². The third kappa shape index (κ3) is 4.31. The summed E-state index contributed by atoms with van der Waals surface area (Å²) in [5.74, 6) is 0.652. The summed E-state index contributed by atoms with van der Waals surface area (Å²) in [5, 5.41) is 0. The fourth-order valence-corrected chi connectivity index (χ4v) is 1.42. The summed E-state index contributed by atoms with van der Waals surface area (Å²) in [6.07, 6.45) is 0.322. The van der Waals surface area contributed by atoms with E-state index in [1.54, 1.807) is 7.05 Å². The number of halogens is 1. The minimum absolute atomic E-state index is 0.0930. The Kier molecular flexibility index (Phi) is 5.14. The van der Waals surface area contributed by atoms with E-state index in [4.69, 9.17) is 4.74 Å². The summed E-state index contributed by atoms with van der Waals surface area (Å²) in [7, 11) is 1.65. The van der Waals surface area contributed by atoms with Crippen LogP contribution < -0.4 is 15.6 Å². The minimum atomic E-state index is -0.0930. The van der Waals surface area contributed by atoms with Gasteiger partial charge < -0.3 is 4.74 Å². The zero-order valence-corrected chi connectivity index (χ0v) is 10.0. The van der Waals surface area contributed by atoms with Crippen LogP contribution in [-0.2, 0) is 4.79 Å². The van der Waals surface area contributed by atoms with Gasteiger partial charge in [0.1, 0.15) is 5.75 Å². The van der Waals surface area contributed by atoms with Crippen molar-refractivity contribution >= 4 is 21.8 Å². The smallest absolute Gasteiger partial charge is 0.237 e. The summed E-state index contributed by atoms with van der Waals surface area (Å²) >= 11 is 3.36. The Bertz CT molecular complexity index is 331. The molecule has 1 aromatic rings. The molecule has 0 aliphatic carbocycles. The van der Waals surface area contributed by atoms with Crippen LogP contribution >= 0.6 is 15.9 Å². The predicted octanol–water partition coefficient (Wildman–Crippen LogP) is 1.47. The standard InChI is InChI=1S/C10H13BrN2O2/c1-12-13-10(14)6-7-15-9-5-3-2-4-8(9)11/h2-5,12H,6-7H2,1H3,(H,13,14). The fraction of sp³-hybridized carbons (Fsp3) is 0.300. The molecule has 0 unspecified atom stereocenters. The number of ether oxygens (including phenoxy) is 1. The van der Waals surface area contributed by atoms with Crippen LogP contribution in [0.2, 0.25) is 0 Å². The molecular formula is C10H13BrN2O2. The van der Waals surface area contributed by atoms with E-state index < -0.39 is 0 Å². The highest BCUT2D eigenvalue weighted by atomic mass is 79.9. The third-order valence-corrected chi connectivity index (χ3v) is 2.34. The number of benzene rings is 1. The molecule has 1 amide bonds. The third-order valence-electron chi connectivity index (χ3n) is 1.69. The molecule has 0 bridgehead atoms. The molecule has 0 saturated carbocycles. The number of carbonyl (C=O) groups excluding carboxylic acids is 1. The lowest BCUT2D eigenvalue weighted by Crippen LogP contribution is -2.34. The van der Waals surface area contributed by atoms with Crippen molar-refractivity contribution in [2.45, 2.75) is 6.42 Å². The highest BCUT2D eigenvalue weighted by Gasteiger charge is 2.02. The van der Waals surface area contributed by atoms with Gasteiger partial charge in [-0.1, -0.05) is 12.1 Å². The first-order valence-electron chi connectivity index (χ1n) is 4.57. The van der Waals surface area contributed by atoms with Crippen LogP contribution in [0.25, 0.3) is 0 Å². The summed E-state index contributed by atoms with van der Waals surface area (Å²) in [4.78, 5) is 11.1. The monoisotopic (exact) mass is 272 g/mol. The molecule has 82 valence electrons. The Morgan fingerprint density at radius 2 is 2.20 bits per heavy atom. The molecule has 0 radical (unpaired) electrons. The quantitative estimate of drug-likeness (QED) is 0.799. The molecule has 0 fully saturated rings. The second-order valence-corrected chi connectivity index (χ2v) is 3.68. The van der Waals surface area contributed by atoms with Crippen molar-refractivity contribution in [2.24, 2.45) is 0 Å². The van der Waals surface area contributed by atoms with E-state index in [1.165, 1.54) is 0 Å². The van der Waals surface area contributed by atoms with E-state index >= 15 is 0 Å². The molecule has 0 aromatic heterocycles. The Morgan fingerprint density at radius 3 is 2.87 bits per heavy atom. The van der Waals surface area contributed by atoms with Gasteiger partial charge in [0, 0.05) is 7.05 Å². The minimum Gasteiger partial charge on any atom is -0.492 e. The van der Waals surface area contributed by atoms with Gasteiger partial charge in [-0.05, 0) is 28.1 Å². The van der Waals surface area contributed by atoms with Crippen LogP contribution in [-0.4, -0.2) is 19.6 Å². The SMILES string of the molecule is CNNC(=O)CCOc1ccccc1Br. The zero-order chi connectivity index (χ0) is 11.1. The number of amides is 1. The molecule has 5 heteroatoms. The van der Waals surface area contributed by atoms with Crippen LogP contribution in [0.5, 0.6) is 5.75 Å². The zero-order valence-electron chi connectivity index (χ0n) is 8.42. The van der Waals surface area contributed by atoms with Gasteiger partial charge in [0.05, 0.1) is 17.5 Å². The van der Waals surface area contributed by atoms with Crippen molar-refractivity contribution in [3.05, 3.63) is 28.7 Å². The lowest BCUT2D eigenvalue weighted by atomic mass is 10.3. The van der Waals surface area contributed by atoms with Crippen LogP contribution in [0.1, 0.15) is 6.42 Å². The molecule has 0 aliphatic heterocycles. The average molecular weight is 273 g/mol. The van der Waals surface area contributed by atoms with Crippen LogP contribution in [0.4, 0.5) is 0 Å². The number of nitrogens with one attached hydrogen (secondary N) is 2. The number of hydrogen-bond donors (Lipinski definition) is 2. The molecule has 0 aliphatic rings. The van der Waals surface area contributed by atoms with Gasteiger partial charge in [0.15, 0.2) is 0 Å². The highest BCUT2D eigenvalue weighted by molar-refractivity contribution is 9.10. The van der Waals surface area contributed by atoms with Gasteiger partial charge in [-0.25, -0.2) is 5.43 Å². The Morgan fingerprint density at radius 1 is 1.47 bits per heavy atom. The van der Waals surface area contributed by atoms with Crippen LogP contribution in [0.3, 0.4) is 0 Å². The number of hydrogen-bond acceptors (Lipinski definition) is 3. The second kappa shape index (κ2) is 6.42. The summed E-state index contributed by atoms with van der Waals surface area (Å²) in [6.45, 7) is 0.357. The number of hydrazine groups is 1. The summed E-state index contributed by atoms with van der Waals surface area (Å²) in [6, 6.07) is 7.53. The topological polar surface area (TPSA) is 50.4 Å². The maximum absolute atomic E-state index is 11.1. The van der Waals surface area contributed by atoms with E-state index in [0.717, 1.165) is 10.2 Å². The van der Waals surface area contributed by atoms with Crippen molar-refractivity contribution in [3.8, 4) is 5.75 Å². The van der Waals surface area contributed by atoms with Gasteiger partial charge in [0.2, 0.25) is 5.91 Å². The van der Waals surface area contributed by atoms with Crippen molar-refractivity contribution in [1.29, 1.82) is 0 Å². The van der Waals surface area contributed by atoms with Crippen molar-refractivity contribution in [1.82, 2.24) is 10.9 Å². The molecular weight excluding hydrogens is 260 g/mol. The number of carbonyl (C=O) groups is 1. The van der Waals surface area contributed by atoms with Crippen molar-refractivity contribution < 1.29 is 9.53 Å². The average Bonchev–Trinajstić information content (AvgIpc) is 2.21. The maximum atomic E-state index is 11.1. The van der Waals surface area contributed by atoms with Gasteiger partial charge >= 0.3 is 0 Å². The Balaban J connectivity index is 2.32. The molecule has 15 heavy (non-hydrogen) atoms. The molecule has 0 spiro atoms. The largest absolute Gasteiger partial charge is 0.492 e. The number of rotatable bonds is 5. The lowest BCUT2D eigenvalue weighted by molar-refractivity contribution is -0.122. The van der Waals surface area contributed by atoms with Crippen molar-refractivity contribution in [2.75, 3.05) is 13.7 Å². The van der Waals surface area contributed by atoms with Crippen molar-refractivity contribution in [3.63, 3.8) is 0 Å². The first kappa shape index (κ1) is 12.0. The lowest BCUT2D eigenvalue weighted by Gasteiger charge is -2.07. The van der Waals surface area contributed by atoms with Gasteiger partial charge in [-0.3, -0.25) is 10.2 Å². The normalized spacial score (nSPS) is 9.73. The van der Waals surface area contributed by atoms with Gasteiger partial charge in [-0.15, -0.1) is 0 Å². The number of para-hydroxylation sites is 1. The molecule has 4 nitrogen and oxygen atoms in total. The molecule has 0 heterocycles. The first-order valence-corrected chi connectivity index (χ1v) is 5.36. The fourth-order valence-electron chi connectivity index (χ4n) is 1.02. The van der Waals surface area contributed by atoms with Gasteiger partial charge in [0.25, 0.3) is 0 Å². The first-order chi connectivity index (χ1) is 7.24. The van der Waals surface area contributed by atoms with E-state index in [2.05, 4.69) is 26.8 Å². The highest BCUT2D eigenvalue weighted by Crippen LogP contribution is 2.23. The van der Waals surface area contributed by atoms with Gasteiger partial charge in [-0.2, -0.15) is 0 Å². The van der Waals surface area contributed by atoms with Crippen LogP contribution in [0.15, 0.2) is 28.7 Å². The molecule has 2 N–H and O–H groups in total. The summed E-state index contributed by atoms with van der Waals surface area (Å²) in [5.41, 5.74) is 5.03. The van der Waals surface area contributed by atoms with E-state index in [0.29, 0.717) is 13.0 Å². The second-order valence-electron chi connectivity index (χ2n) is 2.83. The van der Waals surface area contributed by atoms with Crippen LogP contribution in [0, 0.1) is 0 Å². The Hall–Kier alpha value is -1.07. The van der Waals surface area contributed by atoms with E-state index in [1.807, 2.05) is 24.3 Å². The maximum Gasteiger partial charge on any atom is 0.237 e. The van der Waals surface area contributed by atoms with E-state index in [-0.39, 0.29) is 5.91 Å².